The fourth-order valence-electron chi connectivity index (χ4n) is 0.705. The van der Waals surface area contributed by atoms with Crippen molar-refractivity contribution >= 4 is 23.1 Å². The fourth-order valence-corrected chi connectivity index (χ4v) is 1.48. The number of Topliss-reactive ketones (excluding diaryl/α,β-unsaturated/α-hetero) is 1. The maximum Gasteiger partial charge on any atom is 0.157 e. The molecule has 2 nitrogen and oxygen atoms in total. The fraction of sp³-hybridized carbons (Fsp3) is 0.667. The first-order chi connectivity index (χ1) is 4.34. The average molecular weight is 143 g/mol. The van der Waals surface area contributed by atoms with Gasteiger partial charge in [-0.3, -0.25) is 9.79 Å². The molecule has 0 N–H and O–H groups in total. The highest BCUT2D eigenvalue weighted by Gasteiger charge is 2.17. The van der Waals surface area contributed by atoms with Crippen molar-refractivity contribution in [1.29, 1.82) is 0 Å². The van der Waals surface area contributed by atoms with E-state index in [-0.39, 0.29) is 11.8 Å². The molecule has 1 aliphatic rings. The predicted molar refractivity (Wildman–Crippen MR) is 40.0 cm³/mol. The molecule has 0 aromatic heterocycles. The topological polar surface area (TPSA) is 29.4 Å². The summed E-state index contributed by atoms with van der Waals surface area (Å²) in [4.78, 5) is 14.9. The van der Waals surface area contributed by atoms with Gasteiger partial charge >= 0.3 is 0 Å². The number of rotatable bonds is 2. The van der Waals surface area contributed by atoms with E-state index in [2.05, 4.69) is 4.99 Å². The lowest BCUT2D eigenvalue weighted by Gasteiger charge is -1.99. The minimum Gasteiger partial charge on any atom is -0.297 e. The first-order valence-corrected chi connectivity index (χ1v) is 4.05. The molecule has 0 fully saturated rings. The van der Waals surface area contributed by atoms with E-state index in [1.165, 1.54) is 0 Å². The third-order valence-corrected chi connectivity index (χ3v) is 2.07. The van der Waals surface area contributed by atoms with Gasteiger partial charge in [-0.25, -0.2) is 0 Å². The van der Waals surface area contributed by atoms with Gasteiger partial charge in [0, 0.05) is 12.2 Å². The van der Waals surface area contributed by atoms with Crippen molar-refractivity contribution in [3.05, 3.63) is 0 Å². The molecule has 1 rings (SSSR count). The smallest absolute Gasteiger partial charge is 0.157 e. The Kier molecular flexibility index (Phi) is 2.28. The van der Waals surface area contributed by atoms with Crippen LogP contribution >= 0.6 is 11.8 Å². The summed E-state index contributed by atoms with van der Waals surface area (Å²) in [5, 5.41) is 0. The highest BCUT2D eigenvalue weighted by Crippen LogP contribution is 2.12. The summed E-state index contributed by atoms with van der Waals surface area (Å²) in [6, 6.07) is -0.0278. The molecule has 0 aromatic rings. The van der Waals surface area contributed by atoms with Crippen LogP contribution in [0.1, 0.15) is 13.3 Å². The normalized spacial score (nSPS) is 24.8. The standard InChI is InChI=1S/C6H9NOS/c1-2-6(8)5-3-9-4-7-5/h4-5H,2-3H2,1H3. The largest absolute Gasteiger partial charge is 0.297 e. The van der Waals surface area contributed by atoms with E-state index < -0.39 is 0 Å². The zero-order chi connectivity index (χ0) is 6.69. The summed E-state index contributed by atoms with van der Waals surface area (Å²) in [5.41, 5.74) is 1.76. The maximum absolute atomic E-state index is 10.9. The number of hydrogen-bond acceptors (Lipinski definition) is 3. The van der Waals surface area contributed by atoms with Crippen molar-refractivity contribution in [3.63, 3.8) is 0 Å². The summed E-state index contributed by atoms with van der Waals surface area (Å²) in [5.74, 6) is 1.11. The molecule has 0 aliphatic carbocycles. The lowest BCUT2D eigenvalue weighted by molar-refractivity contribution is -0.119. The van der Waals surface area contributed by atoms with Gasteiger partial charge in [0.1, 0.15) is 6.04 Å². The summed E-state index contributed by atoms with van der Waals surface area (Å²) >= 11 is 1.61. The van der Waals surface area contributed by atoms with Crippen LogP contribution in [0.5, 0.6) is 0 Å². The molecule has 0 amide bonds. The monoisotopic (exact) mass is 143 g/mol. The van der Waals surface area contributed by atoms with Crippen LogP contribution in [-0.2, 0) is 4.79 Å². The lowest BCUT2D eigenvalue weighted by Crippen LogP contribution is -2.16. The van der Waals surface area contributed by atoms with Crippen LogP contribution in [0.4, 0.5) is 0 Å². The van der Waals surface area contributed by atoms with Crippen LogP contribution < -0.4 is 0 Å². The second-order valence-corrected chi connectivity index (χ2v) is 2.80. The van der Waals surface area contributed by atoms with Crippen LogP contribution in [0.2, 0.25) is 0 Å². The number of hydrogen-bond donors (Lipinski definition) is 0. The Balaban J connectivity index is 2.43. The Hall–Kier alpha value is -0.310. The van der Waals surface area contributed by atoms with E-state index in [1.54, 1.807) is 17.3 Å². The summed E-state index contributed by atoms with van der Waals surface area (Å²) in [6.45, 7) is 1.88. The quantitative estimate of drug-likeness (QED) is 0.579. The third kappa shape index (κ3) is 1.55. The summed E-state index contributed by atoms with van der Waals surface area (Å²) in [7, 11) is 0. The SMILES string of the molecule is CCC(=O)C1CSC=N1. The highest BCUT2D eigenvalue weighted by atomic mass is 32.2. The van der Waals surface area contributed by atoms with Gasteiger partial charge in [0.05, 0.1) is 5.55 Å². The molecule has 0 aromatic carbocycles. The molecule has 0 bridgehead atoms. The lowest BCUT2D eigenvalue weighted by atomic mass is 10.2. The maximum atomic E-state index is 10.9. The van der Waals surface area contributed by atoms with E-state index in [0.717, 1.165) is 5.75 Å². The average Bonchev–Trinajstić information content (AvgIpc) is 2.37. The number of aliphatic imine (C=N–C) groups is 1. The molecular weight excluding hydrogens is 134 g/mol. The number of carbonyl (C=O) groups is 1. The number of ketones is 1. The second kappa shape index (κ2) is 3.01. The van der Waals surface area contributed by atoms with Crippen molar-refractivity contribution in [2.24, 2.45) is 4.99 Å². The minimum absolute atomic E-state index is 0.0278. The van der Waals surface area contributed by atoms with Gasteiger partial charge in [0.15, 0.2) is 5.78 Å². The Morgan fingerprint density at radius 1 is 2.00 bits per heavy atom. The number of nitrogens with zero attached hydrogens (tertiary/aromatic N) is 1. The molecular formula is C6H9NOS. The van der Waals surface area contributed by atoms with Crippen molar-refractivity contribution in [1.82, 2.24) is 0 Å². The Morgan fingerprint density at radius 3 is 3.22 bits per heavy atom. The molecule has 9 heavy (non-hydrogen) atoms. The Morgan fingerprint density at radius 2 is 2.78 bits per heavy atom. The molecule has 0 spiro atoms. The molecule has 0 radical (unpaired) electrons. The van der Waals surface area contributed by atoms with E-state index in [4.69, 9.17) is 0 Å². The van der Waals surface area contributed by atoms with Crippen LogP contribution in [0.25, 0.3) is 0 Å². The molecule has 0 saturated heterocycles. The highest BCUT2D eigenvalue weighted by molar-refractivity contribution is 8.12. The first kappa shape index (κ1) is 6.81. The zero-order valence-electron chi connectivity index (χ0n) is 5.33. The molecule has 50 valence electrons. The van der Waals surface area contributed by atoms with Gasteiger partial charge in [-0.1, -0.05) is 6.92 Å². The van der Waals surface area contributed by atoms with Crippen LogP contribution in [0.3, 0.4) is 0 Å². The van der Waals surface area contributed by atoms with Crippen molar-refractivity contribution < 1.29 is 4.79 Å². The van der Waals surface area contributed by atoms with Crippen molar-refractivity contribution in [2.45, 2.75) is 19.4 Å². The molecule has 3 heteroatoms. The first-order valence-electron chi connectivity index (χ1n) is 3.00. The van der Waals surface area contributed by atoms with E-state index in [1.807, 2.05) is 6.92 Å². The van der Waals surface area contributed by atoms with Gasteiger partial charge in [0.25, 0.3) is 0 Å². The van der Waals surface area contributed by atoms with Gasteiger partial charge < -0.3 is 0 Å². The van der Waals surface area contributed by atoms with Gasteiger partial charge in [-0.15, -0.1) is 11.8 Å². The van der Waals surface area contributed by atoms with Crippen molar-refractivity contribution in [2.75, 3.05) is 5.75 Å². The third-order valence-electron chi connectivity index (χ3n) is 1.29. The molecule has 1 unspecified atom stereocenters. The Labute approximate surface area is 58.7 Å². The predicted octanol–water partition coefficient (Wildman–Crippen LogP) is 1.11. The zero-order valence-corrected chi connectivity index (χ0v) is 6.15. The summed E-state index contributed by atoms with van der Waals surface area (Å²) in [6.07, 6.45) is 0.614. The van der Waals surface area contributed by atoms with E-state index in [9.17, 15) is 4.79 Å². The molecule has 0 saturated carbocycles. The van der Waals surface area contributed by atoms with Crippen LogP contribution in [0.15, 0.2) is 4.99 Å². The number of carbonyl (C=O) groups excluding carboxylic acids is 1. The van der Waals surface area contributed by atoms with E-state index >= 15 is 0 Å². The van der Waals surface area contributed by atoms with Crippen LogP contribution in [0, 0.1) is 0 Å². The molecule has 1 heterocycles. The minimum atomic E-state index is -0.0278. The van der Waals surface area contributed by atoms with E-state index in [0.29, 0.717) is 6.42 Å². The van der Waals surface area contributed by atoms with Crippen LogP contribution in [-0.4, -0.2) is 23.1 Å². The number of thioether (sulfide) groups is 1. The second-order valence-electron chi connectivity index (χ2n) is 1.92. The Bertz CT molecular complexity index is 144. The van der Waals surface area contributed by atoms with Gasteiger partial charge in [-0.05, 0) is 0 Å². The van der Waals surface area contributed by atoms with Crippen molar-refractivity contribution in [3.8, 4) is 0 Å². The van der Waals surface area contributed by atoms with Gasteiger partial charge in [0.2, 0.25) is 0 Å². The summed E-state index contributed by atoms with van der Waals surface area (Å²) < 4.78 is 0. The molecule has 1 atom stereocenters. The molecule has 1 aliphatic heterocycles. The van der Waals surface area contributed by atoms with Gasteiger partial charge in [-0.2, -0.15) is 0 Å².